The van der Waals surface area contributed by atoms with Crippen molar-refractivity contribution in [1.29, 1.82) is 0 Å². The first kappa shape index (κ1) is 15.1. The molecule has 0 saturated carbocycles. The van der Waals surface area contributed by atoms with Crippen molar-refractivity contribution in [2.45, 2.75) is 31.8 Å². The van der Waals surface area contributed by atoms with Crippen LogP contribution < -0.4 is 5.32 Å². The number of nitrogens with zero attached hydrogens (tertiary/aromatic N) is 4. The van der Waals surface area contributed by atoms with Gasteiger partial charge in [0.05, 0.1) is 11.0 Å². The lowest BCUT2D eigenvalue weighted by Gasteiger charge is -2.11. The van der Waals surface area contributed by atoms with Gasteiger partial charge in [0.1, 0.15) is 0 Å². The van der Waals surface area contributed by atoms with Crippen molar-refractivity contribution in [3.63, 3.8) is 0 Å². The summed E-state index contributed by atoms with van der Waals surface area (Å²) in [6.07, 6.45) is 10.6. The third-order valence-corrected chi connectivity index (χ3v) is 3.92. The van der Waals surface area contributed by atoms with Gasteiger partial charge in [-0.25, -0.2) is 0 Å². The molecule has 0 unspecified atom stereocenters. The summed E-state index contributed by atoms with van der Waals surface area (Å²) >= 11 is 0. The highest BCUT2D eigenvalue weighted by Crippen LogP contribution is 2.36. The number of aromatic nitrogens is 2. The van der Waals surface area contributed by atoms with Crippen LogP contribution in [0.2, 0.25) is 0 Å². The standard InChI is InChI=1S/C17H17N5O/c1-3-4-5-17(21-22-17)6-7-20-16(23)13-11-15-14(10-12(13)2)18-8-9-19-15/h1,8-11H,4-7H2,2H3,(H,20,23). The molecular weight excluding hydrogens is 290 g/mol. The number of carbonyl (C=O) groups excluding carboxylic acids is 1. The zero-order valence-corrected chi connectivity index (χ0v) is 12.9. The van der Waals surface area contributed by atoms with E-state index in [-0.39, 0.29) is 11.6 Å². The van der Waals surface area contributed by atoms with Gasteiger partial charge in [-0.15, -0.1) is 12.3 Å². The van der Waals surface area contributed by atoms with Crippen LogP contribution in [0.1, 0.15) is 35.2 Å². The van der Waals surface area contributed by atoms with Crippen LogP contribution in [0.3, 0.4) is 0 Å². The fourth-order valence-electron chi connectivity index (χ4n) is 2.50. The second-order valence-corrected chi connectivity index (χ2v) is 5.60. The van der Waals surface area contributed by atoms with E-state index in [0.717, 1.165) is 17.5 Å². The number of aryl methyl sites for hydroxylation is 1. The highest BCUT2D eigenvalue weighted by molar-refractivity contribution is 5.98. The second kappa shape index (κ2) is 6.13. The van der Waals surface area contributed by atoms with E-state index in [0.29, 0.717) is 30.5 Å². The van der Waals surface area contributed by atoms with Gasteiger partial charge >= 0.3 is 0 Å². The van der Waals surface area contributed by atoms with E-state index in [1.54, 1.807) is 18.5 Å². The molecule has 2 heterocycles. The molecule has 0 atom stereocenters. The van der Waals surface area contributed by atoms with Crippen LogP contribution in [-0.2, 0) is 0 Å². The van der Waals surface area contributed by atoms with E-state index in [2.05, 4.69) is 31.4 Å². The Morgan fingerprint density at radius 2 is 1.91 bits per heavy atom. The van der Waals surface area contributed by atoms with Crippen molar-refractivity contribution in [1.82, 2.24) is 15.3 Å². The maximum Gasteiger partial charge on any atom is 0.251 e. The average molecular weight is 307 g/mol. The molecule has 23 heavy (non-hydrogen) atoms. The van der Waals surface area contributed by atoms with Gasteiger partial charge in [-0.1, -0.05) is 0 Å². The molecule has 6 nitrogen and oxygen atoms in total. The number of nitrogens with one attached hydrogen (secondary N) is 1. The lowest BCUT2D eigenvalue weighted by Crippen LogP contribution is -2.28. The average Bonchev–Trinajstić information content (AvgIpc) is 3.32. The van der Waals surface area contributed by atoms with E-state index in [9.17, 15) is 4.79 Å². The van der Waals surface area contributed by atoms with Crippen LogP contribution in [0.4, 0.5) is 0 Å². The highest BCUT2D eigenvalue weighted by Gasteiger charge is 2.38. The summed E-state index contributed by atoms with van der Waals surface area (Å²) in [6, 6.07) is 3.64. The smallest absolute Gasteiger partial charge is 0.251 e. The van der Waals surface area contributed by atoms with Gasteiger partial charge in [0.25, 0.3) is 5.91 Å². The van der Waals surface area contributed by atoms with E-state index < -0.39 is 0 Å². The summed E-state index contributed by atoms with van der Waals surface area (Å²) in [5.41, 5.74) is 2.61. The molecule has 1 amide bonds. The highest BCUT2D eigenvalue weighted by atomic mass is 16.1. The number of benzene rings is 1. The summed E-state index contributed by atoms with van der Waals surface area (Å²) in [7, 11) is 0. The SMILES string of the molecule is C#CCCC1(CCNC(=O)c2cc3nccnc3cc2C)N=N1. The normalized spacial score (nSPS) is 14.4. The minimum absolute atomic E-state index is 0.122. The first-order chi connectivity index (χ1) is 11.1. The minimum Gasteiger partial charge on any atom is -0.352 e. The maximum atomic E-state index is 12.4. The fourth-order valence-corrected chi connectivity index (χ4v) is 2.50. The Hall–Kier alpha value is -2.81. The number of fused-ring (bicyclic) bond motifs is 1. The molecular formula is C17H17N5O. The number of amides is 1. The molecule has 0 radical (unpaired) electrons. The Morgan fingerprint density at radius 3 is 2.57 bits per heavy atom. The Morgan fingerprint density at radius 1 is 1.22 bits per heavy atom. The zero-order valence-electron chi connectivity index (χ0n) is 12.9. The molecule has 3 rings (SSSR count). The number of rotatable bonds is 6. The van der Waals surface area contributed by atoms with Gasteiger partial charge in [-0.05, 0) is 24.6 Å². The van der Waals surface area contributed by atoms with Crippen molar-refractivity contribution < 1.29 is 4.79 Å². The second-order valence-electron chi connectivity index (χ2n) is 5.60. The van der Waals surface area contributed by atoms with E-state index in [1.165, 1.54) is 0 Å². The lowest BCUT2D eigenvalue weighted by atomic mass is 10.0. The molecule has 1 aliphatic rings. The molecule has 0 bridgehead atoms. The molecule has 1 aromatic carbocycles. The molecule has 0 aliphatic carbocycles. The van der Waals surface area contributed by atoms with Crippen molar-refractivity contribution >= 4 is 16.9 Å². The molecule has 1 aromatic heterocycles. The van der Waals surface area contributed by atoms with Crippen LogP contribution in [0.15, 0.2) is 34.8 Å². The molecule has 1 aliphatic heterocycles. The molecule has 116 valence electrons. The minimum atomic E-state index is -0.371. The van der Waals surface area contributed by atoms with Gasteiger partial charge in [0.2, 0.25) is 0 Å². The molecule has 0 spiro atoms. The van der Waals surface area contributed by atoms with Gasteiger partial charge in [-0.3, -0.25) is 14.8 Å². The fraction of sp³-hybridized carbons (Fsp3) is 0.353. The monoisotopic (exact) mass is 307 g/mol. The largest absolute Gasteiger partial charge is 0.352 e. The van der Waals surface area contributed by atoms with Crippen LogP contribution in [0.25, 0.3) is 11.0 Å². The van der Waals surface area contributed by atoms with Crippen molar-refractivity contribution in [2.24, 2.45) is 10.2 Å². The first-order valence-electron chi connectivity index (χ1n) is 7.51. The van der Waals surface area contributed by atoms with Gasteiger partial charge < -0.3 is 5.32 Å². The van der Waals surface area contributed by atoms with Crippen LogP contribution >= 0.6 is 0 Å². The van der Waals surface area contributed by atoms with Gasteiger partial charge in [0.15, 0.2) is 5.66 Å². The quantitative estimate of drug-likeness (QED) is 0.833. The molecule has 1 N–H and O–H groups in total. The summed E-state index contributed by atoms with van der Waals surface area (Å²) in [5.74, 6) is 2.47. The maximum absolute atomic E-state index is 12.4. The molecule has 6 heteroatoms. The Balaban J connectivity index is 1.62. The van der Waals surface area contributed by atoms with Crippen LogP contribution in [0.5, 0.6) is 0 Å². The molecule has 0 saturated heterocycles. The number of terminal acetylenes is 1. The zero-order chi connectivity index (χ0) is 16.3. The van der Waals surface area contributed by atoms with Crippen molar-refractivity contribution in [2.75, 3.05) is 6.54 Å². The number of hydrogen-bond acceptors (Lipinski definition) is 5. The summed E-state index contributed by atoms with van der Waals surface area (Å²) in [5, 5.41) is 11.0. The topological polar surface area (TPSA) is 79.6 Å². The molecule has 0 fully saturated rings. The van der Waals surface area contributed by atoms with Crippen molar-refractivity contribution in [3.8, 4) is 12.3 Å². The predicted octanol–water partition coefficient (Wildman–Crippen LogP) is 2.63. The van der Waals surface area contributed by atoms with E-state index in [1.807, 2.05) is 13.0 Å². The third kappa shape index (κ3) is 3.34. The Kier molecular flexibility index (Phi) is 4.02. The molecule has 2 aromatic rings. The van der Waals surface area contributed by atoms with E-state index >= 15 is 0 Å². The van der Waals surface area contributed by atoms with Gasteiger partial charge in [-0.2, -0.15) is 10.2 Å². The van der Waals surface area contributed by atoms with Crippen molar-refractivity contribution in [3.05, 3.63) is 35.7 Å². The third-order valence-electron chi connectivity index (χ3n) is 3.92. The lowest BCUT2D eigenvalue weighted by molar-refractivity contribution is 0.0951. The summed E-state index contributed by atoms with van der Waals surface area (Å²) in [4.78, 5) is 20.9. The first-order valence-corrected chi connectivity index (χ1v) is 7.51. The van der Waals surface area contributed by atoms with E-state index in [4.69, 9.17) is 6.42 Å². The summed E-state index contributed by atoms with van der Waals surface area (Å²) in [6.45, 7) is 2.40. The van der Waals surface area contributed by atoms with Crippen LogP contribution in [0, 0.1) is 19.3 Å². The van der Waals surface area contributed by atoms with Crippen LogP contribution in [-0.4, -0.2) is 28.1 Å². The number of carbonyl (C=O) groups is 1. The predicted molar refractivity (Wildman–Crippen MR) is 86.9 cm³/mol. The Bertz CT molecular complexity index is 815. The Labute approximate surface area is 134 Å². The van der Waals surface area contributed by atoms with Gasteiger partial charge in [0, 0.05) is 43.8 Å². The summed E-state index contributed by atoms with van der Waals surface area (Å²) < 4.78 is 0. The number of hydrogen-bond donors (Lipinski definition) is 1.